The van der Waals surface area contributed by atoms with E-state index in [4.69, 9.17) is 16.0 Å². The molecule has 0 aromatic rings. The lowest BCUT2D eigenvalue weighted by molar-refractivity contribution is -0.152. The lowest BCUT2D eigenvalue weighted by atomic mass is 9.46. The number of β-amino-alcohol motifs (C(OH)–C–C–N with tert-alkyl or cyclic N) is 1. The second-order valence-corrected chi connectivity index (χ2v) is 12.3. The zero-order chi connectivity index (χ0) is 26.6. The van der Waals surface area contributed by atoms with Crippen molar-refractivity contribution in [3.05, 3.63) is 11.6 Å². The highest BCUT2D eigenvalue weighted by Crippen LogP contribution is 2.67. The predicted octanol–water partition coefficient (Wildman–Crippen LogP) is 2.82. The summed E-state index contributed by atoms with van der Waals surface area (Å²) in [6.45, 7) is 4.41. The van der Waals surface area contributed by atoms with Crippen molar-refractivity contribution in [2.75, 3.05) is 20.3 Å². The largest absolute Gasteiger partial charge is 0.467 e. The smallest absolute Gasteiger partial charge is 0.328 e. The summed E-state index contributed by atoms with van der Waals surface area (Å²) < 4.78 is 4.76. The molecule has 5 aliphatic rings. The highest BCUT2D eigenvalue weighted by molar-refractivity contribution is 5.96. The van der Waals surface area contributed by atoms with Crippen molar-refractivity contribution >= 4 is 17.6 Å². The van der Waals surface area contributed by atoms with Gasteiger partial charge >= 0.3 is 5.97 Å². The number of esters is 1. The first-order valence-corrected chi connectivity index (χ1v) is 13.7. The van der Waals surface area contributed by atoms with Crippen molar-refractivity contribution in [3.8, 4) is 12.3 Å². The van der Waals surface area contributed by atoms with Gasteiger partial charge in [-0.25, -0.2) is 4.79 Å². The van der Waals surface area contributed by atoms with Crippen LogP contribution in [0, 0.1) is 40.9 Å². The standard InChI is InChI=1S/C29H40N2O6/c1-5-29(35)13-10-23-21-7-6-18-14-19(8-11-27(18,2)22(21)9-12-28(23,29)3)30-37-17-25(33)31-16-20(32)15-24(31)26(34)36-4/h1,14,20-24,32,35H,6-13,15-17H2,2-4H3/b30-19-/t20-,21-,22+,23-,24-,27+,28+,29-/m1/s1. The fraction of sp³-hybridized carbons (Fsp3) is 0.759. The van der Waals surface area contributed by atoms with Crippen LogP contribution in [0.1, 0.15) is 71.6 Å². The van der Waals surface area contributed by atoms with Gasteiger partial charge in [0.25, 0.3) is 5.91 Å². The molecule has 202 valence electrons. The fourth-order valence-corrected chi connectivity index (χ4v) is 8.60. The number of aliphatic hydroxyl groups excluding tert-OH is 1. The number of hydrogen-bond donors (Lipinski definition) is 2. The van der Waals surface area contributed by atoms with Crippen LogP contribution in [0.4, 0.5) is 0 Å². The van der Waals surface area contributed by atoms with Gasteiger partial charge in [-0.05, 0) is 80.6 Å². The first-order valence-electron chi connectivity index (χ1n) is 13.7. The Morgan fingerprint density at radius 1 is 1.19 bits per heavy atom. The molecule has 37 heavy (non-hydrogen) atoms. The quantitative estimate of drug-likeness (QED) is 0.341. The number of amides is 1. The molecule has 1 aliphatic heterocycles. The minimum Gasteiger partial charge on any atom is -0.467 e. The van der Waals surface area contributed by atoms with Crippen LogP contribution >= 0.6 is 0 Å². The van der Waals surface area contributed by atoms with E-state index in [1.807, 2.05) is 0 Å². The van der Waals surface area contributed by atoms with Gasteiger partial charge in [-0.2, -0.15) is 0 Å². The lowest BCUT2D eigenvalue weighted by Gasteiger charge is -2.58. The van der Waals surface area contributed by atoms with E-state index < -0.39 is 23.7 Å². The van der Waals surface area contributed by atoms with E-state index >= 15 is 0 Å². The van der Waals surface area contributed by atoms with Gasteiger partial charge in [0, 0.05) is 18.4 Å². The van der Waals surface area contributed by atoms with Crippen molar-refractivity contribution in [1.29, 1.82) is 0 Å². The number of terminal acetylenes is 1. The third-order valence-electron chi connectivity index (χ3n) is 10.8. The molecule has 0 spiro atoms. The molecule has 8 nitrogen and oxygen atoms in total. The summed E-state index contributed by atoms with van der Waals surface area (Å²) in [6, 6.07) is -0.787. The first kappa shape index (κ1) is 26.2. The molecule has 0 bridgehead atoms. The third-order valence-corrected chi connectivity index (χ3v) is 10.8. The Balaban J connectivity index is 1.24. The van der Waals surface area contributed by atoms with Crippen LogP contribution in [-0.4, -0.2) is 70.7 Å². The number of hydrogen-bond acceptors (Lipinski definition) is 7. The molecule has 0 radical (unpaired) electrons. The number of likely N-dealkylation sites (tertiary alicyclic amines) is 1. The fourth-order valence-electron chi connectivity index (χ4n) is 8.60. The molecule has 4 aliphatic carbocycles. The van der Waals surface area contributed by atoms with Gasteiger partial charge < -0.3 is 24.7 Å². The highest BCUT2D eigenvalue weighted by Gasteiger charge is 2.63. The van der Waals surface area contributed by atoms with Crippen LogP contribution < -0.4 is 0 Å². The van der Waals surface area contributed by atoms with Crippen molar-refractivity contribution < 1.29 is 29.4 Å². The van der Waals surface area contributed by atoms with E-state index in [0.717, 1.165) is 50.7 Å². The van der Waals surface area contributed by atoms with E-state index in [1.165, 1.54) is 17.6 Å². The summed E-state index contributed by atoms with van der Waals surface area (Å²) in [4.78, 5) is 31.4. The second-order valence-electron chi connectivity index (χ2n) is 12.3. The first-order chi connectivity index (χ1) is 17.6. The van der Waals surface area contributed by atoms with Crippen LogP contribution in [-0.2, 0) is 19.2 Å². The maximum absolute atomic E-state index is 12.7. The Hall–Kier alpha value is -2.37. The van der Waals surface area contributed by atoms with Gasteiger partial charge in [-0.15, -0.1) is 6.42 Å². The maximum Gasteiger partial charge on any atom is 0.328 e. The molecule has 1 heterocycles. The van der Waals surface area contributed by atoms with Crippen LogP contribution in [0.2, 0.25) is 0 Å². The topological polar surface area (TPSA) is 109 Å². The molecule has 2 N–H and O–H groups in total. The van der Waals surface area contributed by atoms with E-state index in [9.17, 15) is 19.8 Å². The Labute approximate surface area is 219 Å². The van der Waals surface area contributed by atoms with Gasteiger partial charge in [-0.1, -0.05) is 30.5 Å². The van der Waals surface area contributed by atoms with Gasteiger partial charge in [-0.3, -0.25) is 4.79 Å². The number of allylic oxidation sites excluding steroid dienone is 2. The second kappa shape index (κ2) is 9.43. The molecule has 5 rings (SSSR count). The Kier molecular flexibility index (Phi) is 6.69. The molecule has 0 aromatic carbocycles. The summed E-state index contributed by atoms with van der Waals surface area (Å²) in [5, 5.41) is 25.4. The van der Waals surface area contributed by atoms with Crippen LogP contribution in [0.3, 0.4) is 0 Å². The molecule has 1 amide bonds. The number of oxime groups is 1. The Morgan fingerprint density at radius 2 is 1.95 bits per heavy atom. The normalized spacial score (nSPS) is 43.8. The molecule has 8 atom stereocenters. The zero-order valence-corrected chi connectivity index (χ0v) is 22.2. The molecule has 0 aromatic heterocycles. The van der Waals surface area contributed by atoms with Crippen molar-refractivity contribution in [3.63, 3.8) is 0 Å². The highest BCUT2D eigenvalue weighted by atomic mass is 16.6. The third kappa shape index (κ3) is 4.10. The molecule has 3 saturated carbocycles. The SMILES string of the molecule is C#C[C@@]1(O)CC[C@@H]2[C@@H]3CCC4=C/C(=N\OCC(=O)N5C[C@H](O)C[C@@H]5C(=O)OC)CC[C@]4(C)[C@H]3CC[C@@]21C. The van der Waals surface area contributed by atoms with Crippen molar-refractivity contribution in [2.45, 2.75) is 89.4 Å². The molecule has 1 saturated heterocycles. The lowest BCUT2D eigenvalue weighted by Crippen LogP contribution is -2.54. The molecule has 0 unspecified atom stereocenters. The number of aliphatic hydroxyl groups is 2. The summed E-state index contributed by atoms with van der Waals surface area (Å²) in [5.41, 5.74) is 1.18. The van der Waals surface area contributed by atoms with Gasteiger partial charge in [0.2, 0.25) is 0 Å². The van der Waals surface area contributed by atoms with Crippen LogP contribution in [0.15, 0.2) is 16.8 Å². The van der Waals surface area contributed by atoms with Crippen molar-refractivity contribution in [1.82, 2.24) is 4.90 Å². The maximum atomic E-state index is 12.7. The van der Waals surface area contributed by atoms with Crippen LogP contribution in [0.25, 0.3) is 0 Å². The number of rotatable bonds is 4. The van der Waals surface area contributed by atoms with Gasteiger partial charge in [0.05, 0.1) is 18.9 Å². The number of ether oxygens (including phenoxy) is 1. The average Bonchev–Trinajstić information content (AvgIpc) is 3.41. The minimum atomic E-state index is -0.981. The van der Waals surface area contributed by atoms with Crippen LogP contribution in [0.5, 0.6) is 0 Å². The van der Waals surface area contributed by atoms with Gasteiger partial charge in [0.1, 0.15) is 11.6 Å². The van der Waals surface area contributed by atoms with E-state index in [1.54, 1.807) is 0 Å². The molecule has 8 heteroatoms. The minimum absolute atomic E-state index is 0.0856. The molecule has 4 fully saturated rings. The summed E-state index contributed by atoms with van der Waals surface area (Å²) in [7, 11) is 1.27. The number of carbonyl (C=O) groups excluding carboxylic acids is 2. The Morgan fingerprint density at radius 3 is 2.68 bits per heavy atom. The van der Waals surface area contributed by atoms with E-state index in [2.05, 4.69) is 31.0 Å². The average molecular weight is 513 g/mol. The predicted molar refractivity (Wildman–Crippen MR) is 137 cm³/mol. The number of nitrogens with zero attached hydrogens (tertiary/aromatic N) is 2. The monoisotopic (exact) mass is 512 g/mol. The summed E-state index contributed by atoms with van der Waals surface area (Å²) in [5.74, 6) is 3.45. The molecular weight excluding hydrogens is 472 g/mol. The van der Waals surface area contributed by atoms with Crippen molar-refractivity contribution in [2.24, 2.45) is 33.7 Å². The van der Waals surface area contributed by atoms with Gasteiger partial charge in [0.15, 0.2) is 6.61 Å². The Bertz CT molecular complexity index is 1060. The number of fused-ring (bicyclic) bond motifs is 5. The summed E-state index contributed by atoms with van der Waals surface area (Å²) >= 11 is 0. The number of methoxy groups -OCH3 is 1. The van der Waals surface area contributed by atoms with E-state index in [-0.39, 0.29) is 36.3 Å². The summed E-state index contributed by atoms with van der Waals surface area (Å²) in [6.07, 6.45) is 15.0. The zero-order valence-electron chi connectivity index (χ0n) is 22.2. The molecular formula is C29H40N2O6. The number of carbonyl (C=O) groups is 2. The van der Waals surface area contributed by atoms with E-state index in [0.29, 0.717) is 24.2 Å².